The van der Waals surface area contributed by atoms with Crippen LogP contribution in [0.25, 0.3) is 5.69 Å². The Hall–Kier alpha value is -2.95. The molecular weight excluding hydrogens is 329 g/mol. The highest BCUT2D eigenvalue weighted by molar-refractivity contribution is 5.95. The molecule has 0 unspecified atom stereocenters. The van der Waals surface area contributed by atoms with Gasteiger partial charge in [0.1, 0.15) is 11.5 Å². The second-order valence-electron chi connectivity index (χ2n) is 6.84. The zero-order valence-corrected chi connectivity index (χ0v) is 14.6. The first-order valence-electron chi connectivity index (χ1n) is 8.74. The van der Waals surface area contributed by atoms with Crippen molar-refractivity contribution in [3.05, 3.63) is 83.4 Å². The fourth-order valence-electron chi connectivity index (χ4n) is 3.35. The first-order chi connectivity index (χ1) is 12.6. The van der Waals surface area contributed by atoms with Gasteiger partial charge in [0.25, 0.3) is 5.91 Å². The molecular formula is C21H20FN3O. The second-order valence-corrected chi connectivity index (χ2v) is 6.84. The molecule has 1 N–H and O–H groups in total. The summed E-state index contributed by atoms with van der Waals surface area (Å²) in [7, 11) is 0. The van der Waals surface area contributed by atoms with Crippen LogP contribution in [0.2, 0.25) is 0 Å². The maximum atomic E-state index is 14.0. The smallest absolute Gasteiger partial charge is 0.254 e. The minimum Gasteiger partial charge on any atom is -0.351 e. The number of nitrogens with zero attached hydrogens (tertiary/aromatic N) is 2. The van der Waals surface area contributed by atoms with Crippen LogP contribution in [0.15, 0.2) is 60.8 Å². The summed E-state index contributed by atoms with van der Waals surface area (Å²) in [5, 5.41) is 7.24. The van der Waals surface area contributed by atoms with Crippen LogP contribution in [0.5, 0.6) is 0 Å². The topological polar surface area (TPSA) is 46.9 Å². The average molecular weight is 349 g/mol. The summed E-state index contributed by atoms with van der Waals surface area (Å²) in [4.78, 5) is 12.6. The number of aromatic nitrogens is 2. The normalized spacial score (nSPS) is 14.8. The number of carbonyl (C=O) groups excluding carboxylic acids is 1. The Morgan fingerprint density at radius 2 is 1.85 bits per heavy atom. The lowest BCUT2D eigenvalue weighted by Crippen LogP contribution is -2.32. The van der Waals surface area contributed by atoms with Crippen LogP contribution in [0.3, 0.4) is 0 Å². The Bertz CT molecular complexity index is 945. The third kappa shape index (κ3) is 2.90. The molecule has 1 heterocycles. The zero-order chi connectivity index (χ0) is 18.1. The fourth-order valence-corrected chi connectivity index (χ4v) is 3.35. The van der Waals surface area contributed by atoms with Gasteiger partial charge in [0.05, 0.1) is 17.5 Å². The molecule has 0 radical (unpaired) electrons. The summed E-state index contributed by atoms with van der Waals surface area (Å²) < 4.78 is 15.5. The first-order valence-corrected chi connectivity index (χ1v) is 8.74. The van der Waals surface area contributed by atoms with Crippen LogP contribution in [0, 0.1) is 12.7 Å². The zero-order valence-electron chi connectivity index (χ0n) is 14.6. The number of amides is 1. The van der Waals surface area contributed by atoms with Gasteiger partial charge >= 0.3 is 0 Å². The SMILES string of the molecule is Cc1c(C(=O)NCC2(c3ccccc3)CC2)cnn1-c1ccccc1F. The Morgan fingerprint density at radius 1 is 1.15 bits per heavy atom. The number of nitrogens with one attached hydrogen (secondary N) is 1. The van der Waals surface area contributed by atoms with Gasteiger partial charge in [-0.05, 0) is 37.5 Å². The molecule has 0 saturated heterocycles. The molecule has 0 aliphatic heterocycles. The molecule has 1 aliphatic rings. The molecule has 0 atom stereocenters. The molecule has 1 amide bonds. The molecule has 5 heteroatoms. The second kappa shape index (κ2) is 6.41. The molecule has 4 nitrogen and oxygen atoms in total. The number of carbonyl (C=O) groups is 1. The van der Waals surface area contributed by atoms with E-state index in [1.807, 2.05) is 18.2 Å². The largest absolute Gasteiger partial charge is 0.351 e. The van der Waals surface area contributed by atoms with Gasteiger partial charge in [0, 0.05) is 12.0 Å². The van der Waals surface area contributed by atoms with E-state index in [-0.39, 0.29) is 17.1 Å². The highest BCUT2D eigenvalue weighted by Gasteiger charge is 2.44. The van der Waals surface area contributed by atoms with Crippen LogP contribution in [-0.4, -0.2) is 22.2 Å². The predicted molar refractivity (Wildman–Crippen MR) is 97.9 cm³/mol. The van der Waals surface area contributed by atoms with E-state index in [1.54, 1.807) is 25.1 Å². The van der Waals surface area contributed by atoms with E-state index < -0.39 is 0 Å². The van der Waals surface area contributed by atoms with Crippen molar-refractivity contribution in [2.75, 3.05) is 6.54 Å². The van der Waals surface area contributed by atoms with Gasteiger partial charge in [-0.15, -0.1) is 0 Å². The highest BCUT2D eigenvalue weighted by Crippen LogP contribution is 2.47. The summed E-state index contributed by atoms with van der Waals surface area (Å²) in [6.45, 7) is 2.37. The van der Waals surface area contributed by atoms with Gasteiger partial charge in [-0.3, -0.25) is 4.79 Å². The molecule has 4 rings (SSSR count). The lowest BCUT2D eigenvalue weighted by molar-refractivity contribution is 0.0949. The van der Waals surface area contributed by atoms with Gasteiger partial charge in [0.15, 0.2) is 0 Å². The summed E-state index contributed by atoms with van der Waals surface area (Å²) in [5.74, 6) is -0.543. The van der Waals surface area contributed by atoms with E-state index >= 15 is 0 Å². The molecule has 0 bridgehead atoms. The molecule has 26 heavy (non-hydrogen) atoms. The number of hydrogen-bond donors (Lipinski definition) is 1. The number of benzene rings is 2. The van der Waals surface area contributed by atoms with Crippen molar-refractivity contribution in [3.63, 3.8) is 0 Å². The molecule has 1 aliphatic carbocycles. The third-order valence-electron chi connectivity index (χ3n) is 5.16. The van der Waals surface area contributed by atoms with Crippen LogP contribution < -0.4 is 5.32 Å². The summed E-state index contributed by atoms with van der Waals surface area (Å²) in [6, 6.07) is 16.7. The maximum Gasteiger partial charge on any atom is 0.254 e. The monoisotopic (exact) mass is 349 g/mol. The van der Waals surface area contributed by atoms with Crippen molar-refractivity contribution in [1.29, 1.82) is 0 Å². The van der Waals surface area contributed by atoms with Crippen molar-refractivity contribution in [2.24, 2.45) is 0 Å². The Labute approximate surface area is 151 Å². The summed E-state index contributed by atoms with van der Waals surface area (Å²) in [5.41, 5.74) is 2.74. The molecule has 1 fully saturated rings. The quantitative estimate of drug-likeness (QED) is 0.762. The van der Waals surface area contributed by atoms with Crippen molar-refractivity contribution in [1.82, 2.24) is 15.1 Å². The van der Waals surface area contributed by atoms with Gasteiger partial charge in [-0.2, -0.15) is 5.10 Å². The molecule has 132 valence electrons. The predicted octanol–water partition coefficient (Wildman–Crippen LogP) is 3.78. The van der Waals surface area contributed by atoms with E-state index in [0.29, 0.717) is 23.5 Å². The van der Waals surface area contributed by atoms with Crippen LogP contribution in [0.1, 0.15) is 34.5 Å². The van der Waals surface area contributed by atoms with Crippen LogP contribution in [0.4, 0.5) is 4.39 Å². The summed E-state index contributed by atoms with van der Waals surface area (Å²) in [6.07, 6.45) is 3.65. The fraction of sp³-hybridized carbons (Fsp3) is 0.238. The highest BCUT2D eigenvalue weighted by atomic mass is 19.1. The van der Waals surface area contributed by atoms with E-state index in [0.717, 1.165) is 12.8 Å². The van der Waals surface area contributed by atoms with Crippen molar-refractivity contribution >= 4 is 5.91 Å². The van der Waals surface area contributed by atoms with Gasteiger partial charge < -0.3 is 5.32 Å². The molecule has 3 aromatic rings. The Kier molecular flexibility index (Phi) is 4.07. The van der Waals surface area contributed by atoms with Crippen molar-refractivity contribution in [2.45, 2.75) is 25.2 Å². The van der Waals surface area contributed by atoms with Gasteiger partial charge in [-0.1, -0.05) is 42.5 Å². The first kappa shape index (κ1) is 16.5. The minimum absolute atomic E-state index is 0.0480. The molecule has 2 aromatic carbocycles. The number of hydrogen-bond acceptors (Lipinski definition) is 2. The number of para-hydroxylation sites is 1. The average Bonchev–Trinajstić information content (AvgIpc) is 3.37. The van der Waals surface area contributed by atoms with E-state index in [4.69, 9.17) is 0 Å². The third-order valence-corrected chi connectivity index (χ3v) is 5.16. The number of rotatable bonds is 5. The lowest BCUT2D eigenvalue weighted by atomic mass is 9.96. The van der Waals surface area contributed by atoms with Gasteiger partial charge in [0.2, 0.25) is 0 Å². The van der Waals surface area contributed by atoms with E-state index in [9.17, 15) is 9.18 Å². The van der Waals surface area contributed by atoms with Crippen LogP contribution >= 0.6 is 0 Å². The van der Waals surface area contributed by atoms with Crippen LogP contribution in [-0.2, 0) is 5.41 Å². The maximum absolute atomic E-state index is 14.0. The Morgan fingerprint density at radius 3 is 2.54 bits per heavy atom. The minimum atomic E-state index is -0.369. The molecule has 1 saturated carbocycles. The van der Waals surface area contributed by atoms with Crippen molar-refractivity contribution in [3.8, 4) is 5.69 Å². The number of halogens is 1. The molecule has 1 aromatic heterocycles. The standard InChI is InChI=1S/C21H20FN3O/c1-15-17(13-24-25(15)19-10-6-5-9-18(19)22)20(26)23-14-21(11-12-21)16-7-3-2-4-8-16/h2-10,13H,11-12,14H2,1H3,(H,23,26). The lowest BCUT2D eigenvalue weighted by Gasteiger charge is -2.16. The van der Waals surface area contributed by atoms with Gasteiger partial charge in [-0.25, -0.2) is 9.07 Å². The Balaban J connectivity index is 1.51. The molecule has 0 spiro atoms. The van der Waals surface area contributed by atoms with E-state index in [2.05, 4.69) is 22.5 Å². The summed E-state index contributed by atoms with van der Waals surface area (Å²) >= 11 is 0. The van der Waals surface area contributed by atoms with E-state index in [1.165, 1.54) is 22.5 Å². The van der Waals surface area contributed by atoms with Crippen molar-refractivity contribution < 1.29 is 9.18 Å².